The van der Waals surface area contributed by atoms with Gasteiger partial charge in [-0.1, -0.05) is 30.3 Å². The van der Waals surface area contributed by atoms with Crippen LogP contribution in [-0.4, -0.2) is 49.0 Å². The van der Waals surface area contributed by atoms with Crippen LogP contribution in [0.1, 0.15) is 11.6 Å². The Balaban J connectivity index is 1.48. The number of rotatable bonds is 6. The van der Waals surface area contributed by atoms with Crippen LogP contribution in [0.25, 0.3) is 11.2 Å². The normalized spacial score (nSPS) is 25.3. The van der Waals surface area contributed by atoms with Crippen LogP contribution in [0.5, 0.6) is 0 Å². The predicted octanol–water partition coefficient (Wildman–Crippen LogP) is 0.596. The standard InChI is InChI=1S/C18H21N5O3/c19-17-14-18(21-9-20-14)23(10-22-17)15-12(6-24)13(16(15)25)8-26-7-11-4-2-1-3-5-11/h1-5,9-10,12-13,15-16,19,24-25H,6-8H2,(H,20,21)/t12-,13+,15+,16+/m1/s1. The van der Waals surface area contributed by atoms with Crippen molar-refractivity contribution in [3.63, 3.8) is 0 Å². The van der Waals surface area contributed by atoms with Crippen LogP contribution >= 0.6 is 0 Å². The lowest BCUT2D eigenvalue weighted by molar-refractivity contribution is -0.137. The number of aliphatic hydroxyl groups is 2. The van der Waals surface area contributed by atoms with Crippen LogP contribution < -0.4 is 5.49 Å². The molecule has 8 heteroatoms. The molecule has 0 aliphatic heterocycles. The number of nitrogens with one attached hydrogen (secondary N) is 2. The Bertz CT molecular complexity index is 939. The maximum Gasteiger partial charge on any atom is 0.173 e. The second-order valence-electron chi connectivity index (χ2n) is 6.59. The highest BCUT2D eigenvalue weighted by atomic mass is 16.5. The van der Waals surface area contributed by atoms with E-state index >= 15 is 0 Å². The molecular weight excluding hydrogens is 334 g/mol. The smallest absolute Gasteiger partial charge is 0.173 e. The van der Waals surface area contributed by atoms with E-state index in [0.29, 0.717) is 24.4 Å². The average Bonchev–Trinajstić information content (AvgIpc) is 3.16. The quantitative estimate of drug-likeness (QED) is 0.516. The van der Waals surface area contributed by atoms with Crippen LogP contribution in [0.15, 0.2) is 43.0 Å². The second kappa shape index (κ2) is 6.99. The zero-order valence-electron chi connectivity index (χ0n) is 14.1. The maximum atomic E-state index is 10.7. The molecule has 1 aliphatic carbocycles. The van der Waals surface area contributed by atoms with E-state index in [1.165, 1.54) is 12.7 Å². The van der Waals surface area contributed by atoms with Gasteiger partial charge in [0.15, 0.2) is 11.1 Å². The summed E-state index contributed by atoms with van der Waals surface area (Å²) >= 11 is 0. The minimum Gasteiger partial charge on any atom is -0.396 e. The second-order valence-corrected chi connectivity index (χ2v) is 6.59. The molecule has 1 aliphatic rings. The minimum atomic E-state index is -0.675. The van der Waals surface area contributed by atoms with Gasteiger partial charge >= 0.3 is 0 Å². The van der Waals surface area contributed by atoms with Gasteiger partial charge in [0, 0.05) is 18.4 Å². The number of aromatic amines is 1. The van der Waals surface area contributed by atoms with Gasteiger partial charge in [-0.3, -0.25) is 5.41 Å². The number of aliphatic hydroxyl groups excluding tert-OH is 2. The van der Waals surface area contributed by atoms with E-state index in [1.54, 1.807) is 4.57 Å². The third-order valence-corrected chi connectivity index (χ3v) is 5.14. The number of benzene rings is 1. The summed E-state index contributed by atoms with van der Waals surface area (Å²) in [4.78, 5) is 11.2. The van der Waals surface area contributed by atoms with E-state index in [0.717, 1.165) is 5.56 Å². The SMILES string of the molecule is N=c1ncn([C@@H]2[C@@H](O)[C@@H](COCc3ccccc3)[C@H]2CO)c2nc[nH]c12. The summed E-state index contributed by atoms with van der Waals surface area (Å²) in [7, 11) is 0. The summed E-state index contributed by atoms with van der Waals surface area (Å²) in [5, 5.41) is 28.3. The molecule has 4 atom stereocenters. The van der Waals surface area contributed by atoms with Crippen molar-refractivity contribution in [1.29, 1.82) is 5.41 Å². The number of fused-ring (bicyclic) bond motifs is 1. The first-order valence-corrected chi connectivity index (χ1v) is 8.56. The monoisotopic (exact) mass is 355 g/mol. The Morgan fingerprint density at radius 1 is 1.19 bits per heavy atom. The fourth-order valence-electron chi connectivity index (χ4n) is 3.71. The maximum absolute atomic E-state index is 10.7. The lowest BCUT2D eigenvalue weighted by Crippen LogP contribution is -2.55. The van der Waals surface area contributed by atoms with Gasteiger partial charge in [0.05, 0.1) is 38.0 Å². The third kappa shape index (κ3) is 2.82. The zero-order valence-corrected chi connectivity index (χ0v) is 14.1. The van der Waals surface area contributed by atoms with Crippen molar-refractivity contribution in [1.82, 2.24) is 19.5 Å². The molecule has 1 fully saturated rings. The van der Waals surface area contributed by atoms with Crippen molar-refractivity contribution in [2.45, 2.75) is 18.8 Å². The van der Waals surface area contributed by atoms with Gasteiger partial charge in [-0.2, -0.15) is 0 Å². The van der Waals surface area contributed by atoms with Gasteiger partial charge in [0.1, 0.15) is 5.52 Å². The third-order valence-electron chi connectivity index (χ3n) is 5.14. The number of hydrogen-bond acceptors (Lipinski definition) is 6. The molecule has 2 aromatic heterocycles. The molecule has 136 valence electrons. The van der Waals surface area contributed by atoms with Crippen molar-refractivity contribution in [3.8, 4) is 0 Å². The lowest BCUT2D eigenvalue weighted by Gasteiger charge is -2.49. The lowest BCUT2D eigenvalue weighted by atomic mass is 9.67. The van der Waals surface area contributed by atoms with Crippen LogP contribution in [0.3, 0.4) is 0 Å². The molecule has 1 aromatic carbocycles. The number of ether oxygens (including phenoxy) is 1. The van der Waals surface area contributed by atoms with Crippen LogP contribution in [0, 0.1) is 17.2 Å². The summed E-state index contributed by atoms with van der Waals surface area (Å²) in [6, 6.07) is 9.50. The number of hydrogen-bond donors (Lipinski definition) is 4. The highest BCUT2D eigenvalue weighted by Gasteiger charge is 2.50. The summed E-state index contributed by atoms with van der Waals surface area (Å²) in [5.41, 5.74) is 2.24. The van der Waals surface area contributed by atoms with Crippen molar-refractivity contribution in [3.05, 3.63) is 54.0 Å². The molecule has 2 heterocycles. The molecule has 0 unspecified atom stereocenters. The molecule has 3 aromatic rings. The Labute approximate surface area is 149 Å². The molecule has 0 spiro atoms. The molecule has 1 saturated carbocycles. The number of H-pyrrole nitrogens is 1. The molecule has 26 heavy (non-hydrogen) atoms. The Hall–Kier alpha value is -2.55. The average molecular weight is 355 g/mol. The van der Waals surface area contributed by atoms with E-state index in [2.05, 4.69) is 15.0 Å². The first-order valence-electron chi connectivity index (χ1n) is 8.56. The summed E-state index contributed by atoms with van der Waals surface area (Å²) in [6.07, 6.45) is 2.33. The summed E-state index contributed by atoms with van der Waals surface area (Å²) < 4.78 is 7.49. The minimum absolute atomic E-state index is 0.0668. The molecule has 0 bridgehead atoms. The fourth-order valence-corrected chi connectivity index (χ4v) is 3.71. The summed E-state index contributed by atoms with van der Waals surface area (Å²) in [5.74, 6) is -0.324. The van der Waals surface area contributed by atoms with E-state index in [9.17, 15) is 10.2 Å². The molecule has 0 amide bonds. The van der Waals surface area contributed by atoms with E-state index in [4.69, 9.17) is 10.1 Å². The van der Waals surface area contributed by atoms with Crippen LogP contribution in [0.2, 0.25) is 0 Å². The van der Waals surface area contributed by atoms with E-state index < -0.39 is 6.10 Å². The zero-order chi connectivity index (χ0) is 18.1. The highest BCUT2D eigenvalue weighted by molar-refractivity contribution is 5.68. The van der Waals surface area contributed by atoms with Crippen molar-refractivity contribution in [2.75, 3.05) is 13.2 Å². The van der Waals surface area contributed by atoms with Gasteiger partial charge in [0.2, 0.25) is 0 Å². The molecule has 4 rings (SSSR count). The van der Waals surface area contributed by atoms with Gasteiger partial charge in [-0.05, 0) is 5.56 Å². The van der Waals surface area contributed by atoms with Gasteiger partial charge in [-0.25, -0.2) is 9.97 Å². The Morgan fingerprint density at radius 3 is 2.77 bits per heavy atom. The Kier molecular flexibility index (Phi) is 4.54. The van der Waals surface area contributed by atoms with Crippen molar-refractivity contribution < 1.29 is 14.9 Å². The first kappa shape index (κ1) is 16.9. The first-order chi connectivity index (χ1) is 12.7. The van der Waals surface area contributed by atoms with Crippen molar-refractivity contribution >= 4 is 11.2 Å². The van der Waals surface area contributed by atoms with Gasteiger partial charge in [-0.15, -0.1) is 0 Å². The molecule has 4 N–H and O–H groups in total. The number of imidazole rings is 1. The van der Waals surface area contributed by atoms with Gasteiger partial charge < -0.3 is 24.5 Å². The number of aromatic nitrogens is 4. The highest BCUT2D eigenvalue weighted by Crippen LogP contribution is 2.44. The number of nitrogens with zero attached hydrogens (tertiary/aromatic N) is 3. The predicted molar refractivity (Wildman–Crippen MR) is 92.9 cm³/mol. The fraction of sp³-hybridized carbons (Fsp3) is 0.389. The topological polar surface area (TPSA) is 120 Å². The van der Waals surface area contributed by atoms with Crippen LogP contribution in [-0.2, 0) is 11.3 Å². The van der Waals surface area contributed by atoms with Crippen LogP contribution in [0.4, 0.5) is 0 Å². The molecular formula is C18H21N5O3. The van der Waals surface area contributed by atoms with Crippen molar-refractivity contribution in [2.24, 2.45) is 11.8 Å². The molecule has 0 radical (unpaired) electrons. The van der Waals surface area contributed by atoms with Gasteiger partial charge in [0.25, 0.3) is 0 Å². The summed E-state index contributed by atoms with van der Waals surface area (Å²) in [6.45, 7) is 0.771. The largest absolute Gasteiger partial charge is 0.396 e. The van der Waals surface area contributed by atoms with E-state index in [-0.39, 0.29) is 30.0 Å². The molecule has 0 saturated heterocycles. The molecule has 8 nitrogen and oxygen atoms in total. The Morgan fingerprint density at radius 2 is 2.00 bits per heavy atom. The van der Waals surface area contributed by atoms with E-state index in [1.807, 2.05) is 30.3 Å².